The molecule has 0 atom stereocenters. The molecule has 4 rings (SSSR count). The van der Waals surface area contributed by atoms with Gasteiger partial charge in [0.05, 0.1) is 14.6 Å². The van der Waals surface area contributed by atoms with Gasteiger partial charge in [-0.3, -0.25) is 9.20 Å². The maximum atomic E-state index is 12.1. The van der Waals surface area contributed by atoms with Gasteiger partial charge >= 0.3 is 0 Å². The third-order valence-corrected chi connectivity index (χ3v) is 6.58. The Morgan fingerprint density at radius 3 is 2.75 bits per heavy atom. The zero-order chi connectivity index (χ0) is 16.7. The average Bonchev–Trinajstić information content (AvgIpc) is 3.12. The van der Waals surface area contributed by atoms with E-state index in [4.69, 9.17) is 4.98 Å². The molecule has 0 fully saturated rings. The van der Waals surface area contributed by atoms with E-state index in [1.54, 1.807) is 30.0 Å². The van der Waals surface area contributed by atoms with Crippen LogP contribution in [-0.2, 0) is 5.75 Å². The summed E-state index contributed by atoms with van der Waals surface area (Å²) in [6.07, 6.45) is 2.03. The van der Waals surface area contributed by atoms with E-state index in [9.17, 15) is 4.79 Å². The number of pyridine rings is 1. The summed E-state index contributed by atoms with van der Waals surface area (Å²) >= 11 is 3.33. The first kappa shape index (κ1) is 15.4. The van der Waals surface area contributed by atoms with E-state index >= 15 is 0 Å². The Hall–Kier alpha value is -2.11. The largest absolute Gasteiger partial charge is 0.298 e. The number of benzene rings is 1. The van der Waals surface area contributed by atoms with Gasteiger partial charge in [-0.25, -0.2) is 4.98 Å². The van der Waals surface area contributed by atoms with Crippen LogP contribution in [0.25, 0.3) is 16.7 Å². The molecule has 0 unspecified atom stereocenters. The Morgan fingerprint density at radius 2 is 2.00 bits per heavy atom. The number of thiophene rings is 1. The van der Waals surface area contributed by atoms with Crippen molar-refractivity contribution in [2.24, 2.45) is 0 Å². The first-order chi connectivity index (χ1) is 11.6. The molecule has 0 spiro atoms. The highest BCUT2D eigenvalue weighted by Crippen LogP contribution is 2.40. The van der Waals surface area contributed by atoms with Gasteiger partial charge in [0.15, 0.2) is 5.78 Å². The molecule has 0 saturated carbocycles. The quantitative estimate of drug-likeness (QED) is 0.367. The second-order valence-electron chi connectivity index (χ2n) is 5.74. The molecule has 3 nitrogen and oxygen atoms in total. The van der Waals surface area contributed by atoms with E-state index in [-0.39, 0.29) is 5.78 Å². The number of hydrogen-bond acceptors (Lipinski definition) is 4. The van der Waals surface area contributed by atoms with Crippen molar-refractivity contribution in [3.63, 3.8) is 0 Å². The van der Waals surface area contributed by atoms with Crippen LogP contribution in [0.15, 0.2) is 52.9 Å². The lowest BCUT2D eigenvalue weighted by Crippen LogP contribution is -1.88. The number of thioether (sulfide) groups is 1. The number of carbonyl (C=O) groups is 1. The number of aryl methyl sites for hydroxylation is 1. The van der Waals surface area contributed by atoms with Crippen LogP contribution in [0.2, 0.25) is 0 Å². The number of fused-ring (bicyclic) bond motifs is 3. The molecule has 0 radical (unpaired) electrons. The summed E-state index contributed by atoms with van der Waals surface area (Å²) in [6, 6.07) is 14.5. The Morgan fingerprint density at radius 1 is 1.21 bits per heavy atom. The predicted molar refractivity (Wildman–Crippen MR) is 101 cm³/mol. The third kappa shape index (κ3) is 2.54. The molecule has 0 N–H and O–H groups in total. The number of aromatic nitrogens is 2. The fourth-order valence-electron chi connectivity index (χ4n) is 2.81. The topological polar surface area (TPSA) is 34.4 Å². The normalized spacial score (nSPS) is 11.4. The minimum absolute atomic E-state index is 0.0811. The highest BCUT2D eigenvalue weighted by atomic mass is 32.2. The number of Topliss-reactive ketones (excluding diaryl/α,β-unsaturated/α-hetero) is 1. The van der Waals surface area contributed by atoms with E-state index in [1.165, 1.54) is 5.56 Å². The first-order valence-electron chi connectivity index (χ1n) is 7.73. The van der Waals surface area contributed by atoms with Gasteiger partial charge in [-0.2, -0.15) is 0 Å². The van der Waals surface area contributed by atoms with Crippen molar-refractivity contribution < 1.29 is 4.79 Å². The van der Waals surface area contributed by atoms with Gasteiger partial charge in [0.1, 0.15) is 11.2 Å². The van der Waals surface area contributed by atoms with Crippen LogP contribution < -0.4 is 0 Å². The zero-order valence-electron chi connectivity index (χ0n) is 13.4. The van der Waals surface area contributed by atoms with Crippen molar-refractivity contribution >= 4 is 45.6 Å². The first-order valence-corrected chi connectivity index (χ1v) is 9.53. The van der Waals surface area contributed by atoms with Gasteiger partial charge in [-0.1, -0.05) is 36.4 Å². The van der Waals surface area contributed by atoms with Crippen molar-refractivity contribution in [2.75, 3.05) is 0 Å². The molecule has 4 aromatic rings. The van der Waals surface area contributed by atoms with Crippen molar-refractivity contribution in [1.29, 1.82) is 0 Å². The van der Waals surface area contributed by atoms with E-state index in [1.807, 2.05) is 18.3 Å². The van der Waals surface area contributed by atoms with Crippen LogP contribution in [0, 0.1) is 6.92 Å². The zero-order valence-corrected chi connectivity index (χ0v) is 15.1. The minimum Gasteiger partial charge on any atom is -0.298 e. The maximum absolute atomic E-state index is 12.1. The Bertz CT molecular complexity index is 1050. The van der Waals surface area contributed by atoms with E-state index in [2.05, 4.69) is 41.7 Å². The number of imidazole rings is 1. The van der Waals surface area contributed by atoms with Crippen molar-refractivity contribution in [3.05, 3.63) is 64.7 Å². The van der Waals surface area contributed by atoms with Crippen LogP contribution in [0.1, 0.15) is 27.7 Å². The fraction of sp³-hybridized carbons (Fsp3) is 0.158. The maximum Gasteiger partial charge on any atom is 0.172 e. The second-order valence-corrected chi connectivity index (χ2v) is 8.01. The van der Waals surface area contributed by atoms with Gasteiger partial charge in [-0.15, -0.1) is 23.1 Å². The molecule has 3 aromatic heterocycles. The van der Waals surface area contributed by atoms with Gasteiger partial charge in [0.25, 0.3) is 0 Å². The molecule has 120 valence electrons. The molecule has 5 heteroatoms. The van der Waals surface area contributed by atoms with Crippen molar-refractivity contribution in [2.45, 2.75) is 23.8 Å². The van der Waals surface area contributed by atoms with Crippen LogP contribution >= 0.6 is 23.1 Å². The monoisotopic (exact) mass is 352 g/mol. The molecule has 0 aliphatic heterocycles. The Balaban J connectivity index is 1.86. The van der Waals surface area contributed by atoms with Gasteiger partial charge in [0.2, 0.25) is 0 Å². The summed E-state index contributed by atoms with van der Waals surface area (Å²) in [7, 11) is 0. The molecule has 0 aliphatic rings. The number of rotatable bonds is 4. The summed E-state index contributed by atoms with van der Waals surface area (Å²) in [4.78, 5) is 17.6. The lowest BCUT2D eigenvalue weighted by Gasteiger charge is -2.02. The SMILES string of the molecule is CC(=O)c1sc(SCc2ccccc2)c2c1nc1c(C)cccn12. The molecule has 0 saturated heterocycles. The average molecular weight is 352 g/mol. The van der Waals surface area contributed by atoms with Crippen molar-refractivity contribution in [3.8, 4) is 0 Å². The summed E-state index contributed by atoms with van der Waals surface area (Å²) in [5, 5.41) is 0. The second kappa shape index (κ2) is 6.07. The lowest BCUT2D eigenvalue weighted by atomic mass is 10.2. The Kier molecular flexibility index (Phi) is 3.90. The molecule has 1 aromatic carbocycles. The lowest BCUT2D eigenvalue weighted by molar-refractivity contribution is 0.102. The summed E-state index contributed by atoms with van der Waals surface area (Å²) in [6.45, 7) is 3.67. The summed E-state index contributed by atoms with van der Waals surface area (Å²) in [5.74, 6) is 0.963. The molecule has 24 heavy (non-hydrogen) atoms. The molecule has 0 aliphatic carbocycles. The van der Waals surface area contributed by atoms with E-state index < -0.39 is 0 Å². The Labute approximate surface area is 148 Å². The summed E-state index contributed by atoms with van der Waals surface area (Å²) < 4.78 is 3.26. The highest BCUT2D eigenvalue weighted by molar-refractivity contribution is 8.00. The van der Waals surface area contributed by atoms with Crippen molar-refractivity contribution in [1.82, 2.24) is 9.38 Å². The fourth-order valence-corrected chi connectivity index (χ4v) is 5.15. The van der Waals surface area contributed by atoms with Gasteiger partial charge in [-0.05, 0) is 24.1 Å². The predicted octanol–water partition coefficient (Wildman–Crippen LogP) is 5.35. The van der Waals surface area contributed by atoms with Gasteiger partial charge in [0, 0.05) is 18.9 Å². The molecule has 0 bridgehead atoms. The molecular formula is C19H16N2OS2. The van der Waals surface area contributed by atoms with E-state index in [0.29, 0.717) is 0 Å². The standard InChI is InChI=1S/C19H16N2OS2/c1-12-7-6-10-21-16-15(20-18(12)21)17(13(2)22)24-19(16)23-11-14-8-4-3-5-9-14/h3-10H,11H2,1-2H3. The minimum atomic E-state index is 0.0811. The number of carbonyl (C=O) groups excluding carboxylic acids is 1. The smallest absolute Gasteiger partial charge is 0.172 e. The van der Waals surface area contributed by atoms with Crippen LogP contribution in [-0.4, -0.2) is 15.2 Å². The number of hydrogen-bond donors (Lipinski definition) is 0. The number of ketones is 1. The third-order valence-electron chi connectivity index (χ3n) is 3.98. The van der Waals surface area contributed by atoms with Gasteiger partial charge < -0.3 is 0 Å². The number of nitrogens with zero attached hydrogens (tertiary/aromatic N) is 2. The highest BCUT2D eigenvalue weighted by Gasteiger charge is 2.20. The van der Waals surface area contributed by atoms with Crippen LogP contribution in [0.4, 0.5) is 0 Å². The van der Waals surface area contributed by atoms with Crippen LogP contribution in [0.3, 0.4) is 0 Å². The van der Waals surface area contributed by atoms with E-state index in [0.717, 1.165) is 37.1 Å². The summed E-state index contributed by atoms with van der Waals surface area (Å²) in [5.41, 5.74) is 5.21. The molecule has 3 heterocycles. The molecular weight excluding hydrogens is 336 g/mol. The molecule has 0 amide bonds. The van der Waals surface area contributed by atoms with Crippen LogP contribution in [0.5, 0.6) is 0 Å².